The van der Waals surface area contributed by atoms with E-state index in [9.17, 15) is 0 Å². The maximum Gasteiger partial charge on any atom is 0.136 e. The van der Waals surface area contributed by atoms with Crippen LogP contribution in [0.1, 0.15) is 19.4 Å². The van der Waals surface area contributed by atoms with E-state index in [0.29, 0.717) is 23.7 Å². The highest BCUT2D eigenvalue weighted by Crippen LogP contribution is 2.59. The molecule has 2 heteroatoms. The van der Waals surface area contributed by atoms with Crippen molar-refractivity contribution >= 4 is 44.6 Å². The largest absolute Gasteiger partial charge is 0.456 e. The summed E-state index contributed by atoms with van der Waals surface area (Å²) < 4.78 is 6.25. The van der Waals surface area contributed by atoms with Gasteiger partial charge in [0.2, 0.25) is 0 Å². The Kier molecular flexibility index (Phi) is 8.48. The Morgan fingerprint density at radius 2 is 1.00 bits per heavy atom. The normalized spacial score (nSPS) is 20.1. The third-order valence-electron chi connectivity index (χ3n) is 13.3. The van der Waals surface area contributed by atoms with Gasteiger partial charge in [0.05, 0.1) is 0 Å². The van der Waals surface area contributed by atoms with Gasteiger partial charge in [0, 0.05) is 27.8 Å². The predicted molar refractivity (Wildman–Crippen MR) is 248 cm³/mol. The van der Waals surface area contributed by atoms with E-state index in [0.717, 1.165) is 50.1 Å². The second-order valence-corrected chi connectivity index (χ2v) is 17.0. The van der Waals surface area contributed by atoms with Gasteiger partial charge < -0.3 is 9.32 Å². The number of nitrogens with zero attached hydrogens (tertiary/aromatic N) is 1. The summed E-state index contributed by atoms with van der Waals surface area (Å²) in [5, 5.41) is 2.29. The van der Waals surface area contributed by atoms with Gasteiger partial charge in [-0.15, -0.1) is 0 Å². The Balaban J connectivity index is 0.943. The second kappa shape index (κ2) is 14.2. The topological polar surface area (TPSA) is 16.4 Å². The molecule has 4 unspecified atom stereocenters. The fourth-order valence-electron chi connectivity index (χ4n) is 10.2. The monoisotopic (exact) mass is 759 g/mol. The molecule has 3 aliphatic rings. The highest BCUT2D eigenvalue weighted by atomic mass is 16.3. The minimum atomic E-state index is 0.231. The number of hydrogen-bond acceptors (Lipinski definition) is 2. The van der Waals surface area contributed by atoms with Crippen molar-refractivity contribution in [1.82, 2.24) is 0 Å². The zero-order valence-electron chi connectivity index (χ0n) is 33.4. The van der Waals surface area contributed by atoms with Crippen LogP contribution in [0.15, 0.2) is 217 Å². The molecule has 1 fully saturated rings. The highest BCUT2D eigenvalue weighted by molar-refractivity contribution is 6.06. The van der Waals surface area contributed by atoms with Gasteiger partial charge >= 0.3 is 0 Å². The van der Waals surface area contributed by atoms with Crippen LogP contribution in [0.25, 0.3) is 60.9 Å². The Bertz CT molecular complexity index is 2980. The van der Waals surface area contributed by atoms with Gasteiger partial charge in [0.15, 0.2) is 0 Å². The number of anilines is 3. The van der Waals surface area contributed by atoms with Crippen molar-refractivity contribution in [1.29, 1.82) is 0 Å². The van der Waals surface area contributed by atoms with Gasteiger partial charge in [-0.3, -0.25) is 0 Å². The average Bonchev–Trinajstić information content (AvgIpc) is 3.78. The quantitative estimate of drug-likeness (QED) is 0.161. The van der Waals surface area contributed by atoms with Crippen molar-refractivity contribution in [2.24, 2.45) is 29.1 Å². The molecule has 0 radical (unpaired) electrons. The number of benzene rings is 7. The van der Waals surface area contributed by atoms with Gasteiger partial charge in [0.25, 0.3) is 0 Å². The van der Waals surface area contributed by atoms with Crippen LogP contribution in [0.4, 0.5) is 17.1 Å². The lowest BCUT2D eigenvalue weighted by molar-refractivity contribution is 0.238. The summed E-state index contributed by atoms with van der Waals surface area (Å²) in [5.41, 5.74) is 15.0. The van der Waals surface area contributed by atoms with Gasteiger partial charge in [0.1, 0.15) is 11.2 Å². The van der Waals surface area contributed by atoms with Crippen LogP contribution in [-0.4, -0.2) is 0 Å². The first-order chi connectivity index (χ1) is 29.0. The van der Waals surface area contributed by atoms with Gasteiger partial charge in [-0.25, -0.2) is 0 Å². The van der Waals surface area contributed by atoms with Crippen molar-refractivity contribution in [2.45, 2.75) is 13.8 Å². The fraction of sp³-hybridized carbons (Fsp3) is 0.123. The summed E-state index contributed by atoms with van der Waals surface area (Å²) in [6, 6.07) is 61.3. The molecule has 59 heavy (non-hydrogen) atoms. The van der Waals surface area contributed by atoms with Crippen LogP contribution in [0, 0.1) is 29.1 Å². The molecule has 7 aromatic carbocycles. The number of fused-ring (bicyclic) bond motifs is 6. The zero-order chi connectivity index (χ0) is 39.5. The van der Waals surface area contributed by atoms with Crippen LogP contribution in [-0.2, 0) is 0 Å². The number of para-hydroxylation sites is 1. The molecule has 0 spiro atoms. The minimum absolute atomic E-state index is 0.231. The van der Waals surface area contributed by atoms with Crippen molar-refractivity contribution in [3.8, 4) is 33.4 Å². The van der Waals surface area contributed by atoms with E-state index in [1.165, 1.54) is 33.4 Å². The van der Waals surface area contributed by atoms with E-state index < -0.39 is 0 Å². The van der Waals surface area contributed by atoms with Crippen molar-refractivity contribution < 1.29 is 4.42 Å². The molecule has 11 rings (SSSR count). The van der Waals surface area contributed by atoms with Gasteiger partial charge in [-0.05, 0) is 134 Å². The SMILES string of the molecule is CC1(C)C2C=CC=CC2C2C=C(c3cccc(-c4cccc(N(c5ccc(-c6ccccc6)cc5)c5ccc(-c6ccc7c(c6)oc6ccccc67)cc5)c4)c3)C=CC21. The third kappa shape index (κ3) is 6.19. The number of furan rings is 1. The number of hydrogen-bond donors (Lipinski definition) is 0. The molecule has 1 aromatic heterocycles. The Labute approximate surface area is 346 Å². The fourth-order valence-corrected chi connectivity index (χ4v) is 10.2. The molecule has 1 heterocycles. The number of rotatable bonds is 7. The molecule has 2 nitrogen and oxygen atoms in total. The molecular weight excluding hydrogens is 715 g/mol. The van der Waals surface area contributed by atoms with E-state index in [4.69, 9.17) is 4.42 Å². The van der Waals surface area contributed by atoms with Gasteiger partial charge in [-0.2, -0.15) is 0 Å². The van der Waals surface area contributed by atoms with Crippen LogP contribution in [0.2, 0.25) is 0 Å². The highest BCUT2D eigenvalue weighted by Gasteiger charge is 2.52. The molecule has 4 atom stereocenters. The average molecular weight is 760 g/mol. The molecule has 3 aliphatic carbocycles. The van der Waals surface area contributed by atoms with Crippen LogP contribution < -0.4 is 4.90 Å². The first-order valence-corrected chi connectivity index (χ1v) is 20.9. The standard InChI is InChI=1S/C57H45NO/c1-57(2)53-20-8-6-18-49(53)52-36-44(27-33-54(52)57)42-15-10-14-41(34-42)43-16-11-17-48(35-43)58(46-28-22-39(23-29-46)38-12-4-3-5-13-38)47-30-24-40(25-31-47)45-26-32-51-50-19-7-9-21-55(50)59-56(51)37-45/h3-37,49,52-54H,1-2H3. The summed E-state index contributed by atoms with van der Waals surface area (Å²) in [6.07, 6.45) is 16.8. The van der Waals surface area contributed by atoms with Crippen molar-refractivity contribution in [2.75, 3.05) is 4.90 Å². The van der Waals surface area contributed by atoms with E-state index in [-0.39, 0.29) is 5.41 Å². The number of allylic oxidation sites excluding steroid dienone is 8. The summed E-state index contributed by atoms with van der Waals surface area (Å²) in [4.78, 5) is 2.37. The van der Waals surface area contributed by atoms with E-state index in [2.05, 4.69) is 219 Å². The van der Waals surface area contributed by atoms with Crippen LogP contribution in [0.5, 0.6) is 0 Å². The second-order valence-electron chi connectivity index (χ2n) is 17.0. The molecule has 0 bridgehead atoms. The molecule has 0 N–H and O–H groups in total. The molecule has 0 saturated heterocycles. The van der Waals surface area contributed by atoms with Gasteiger partial charge in [-0.1, -0.05) is 166 Å². The van der Waals surface area contributed by atoms with Crippen molar-refractivity contribution in [3.63, 3.8) is 0 Å². The molecule has 0 aliphatic heterocycles. The Morgan fingerprint density at radius 3 is 1.80 bits per heavy atom. The van der Waals surface area contributed by atoms with E-state index in [1.54, 1.807) is 0 Å². The van der Waals surface area contributed by atoms with E-state index >= 15 is 0 Å². The molecule has 1 saturated carbocycles. The van der Waals surface area contributed by atoms with Crippen LogP contribution in [0.3, 0.4) is 0 Å². The van der Waals surface area contributed by atoms with Crippen LogP contribution >= 0.6 is 0 Å². The maximum atomic E-state index is 6.25. The summed E-state index contributed by atoms with van der Waals surface area (Å²) in [6.45, 7) is 4.90. The lowest BCUT2D eigenvalue weighted by Gasteiger charge is -2.32. The predicted octanol–water partition coefficient (Wildman–Crippen LogP) is 15.6. The smallest absolute Gasteiger partial charge is 0.136 e. The Morgan fingerprint density at radius 1 is 0.424 bits per heavy atom. The first kappa shape index (κ1) is 35.3. The lowest BCUT2D eigenvalue weighted by atomic mass is 9.72. The molecule has 0 amide bonds. The minimum Gasteiger partial charge on any atom is -0.456 e. The summed E-state index contributed by atoms with van der Waals surface area (Å²) in [5.74, 6) is 2.15. The Hall–Kier alpha value is -6.90. The summed E-state index contributed by atoms with van der Waals surface area (Å²) >= 11 is 0. The summed E-state index contributed by atoms with van der Waals surface area (Å²) in [7, 11) is 0. The zero-order valence-corrected chi connectivity index (χ0v) is 33.4. The molecular formula is C57H45NO. The lowest BCUT2D eigenvalue weighted by Crippen LogP contribution is -2.25. The maximum absolute atomic E-state index is 6.25. The van der Waals surface area contributed by atoms with Crippen molar-refractivity contribution in [3.05, 3.63) is 218 Å². The molecule has 284 valence electrons. The molecule has 8 aromatic rings. The first-order valence-electron chi connectivity index (χ1n) is 20.9. The van der Waals surface area contributed by atoms with E-state index in [1.807, 2.05) is 12.1 Å². The third-order valence-corrected chi connectivity index (χ3v) is 13.3.